The second kappa shape index (κ2) is 8.32. The van der Waals surface area contributed by atoms with Gasteiger partial charge in [0.15, 0.2) is 10.9 Å². The molecule has 3 aromatic rings. The van der Waals surface area contributed by atoms with E-state index in [0.29, 0.717) is 22.6 Å². The van der Waals surface area contributed by atoms with Gasteiger partial charge in [-0.2, -0.15) is 0 Å². The van der Waals surface area contributed by atoms with E-state index in [9.17, 15) is 9.59 Å². The van der Waals surface area contributed by atoms with Crippen LogP contribution in [-0.4, -0.2) is 26.8 Å². The summed E-state index contributed by atoms with van der Waals surface area (Å²) < 4.78 is 0. The van der Waals surface area contributed by atoms with Crippen molar-refractivity contribution in [3.05, 3.63) is 66.0 Å². The van der Waals surface area contributed by atoms with Crippen LogP contribution in [0.4, 0.5) is 10.9 Å². The van der Waals surface area contributed by atoms with Crippen molar-refractivity contribution in [2.75, 3.05) is 10.6 Å². The summed E-state index contributed by atoms with van der Waals surface area (Å²) in [7, 11) is 0. The summed E-state index contributed by atoms with van der Waals surface area (Å²) in [6.45, 7) is 3.40. The molecule has 0 saturated heterocycles. The van der Waals surface area contributed by atoms with Gasteiger partial charge >= 0.3 is 0 Å². The lowest BCUT2D eigenvalue weighted by atomic mass is 10.1. The van der Waals surface area contributed by atoms with Gasteiger partial charge in [0.2, 0.25) is 11.8 Å². The third-order valence-corrected chi connectivity index (χ3v) is 5.50. The zero-order valence-electron chi connectivity index (χ0n) is 15.6. The number of nitrogens with one attached hydrogen (secondary N) is 2. The van der Waals surface area contributed by atoms with E-state index in [0.717, 1.165) is 11.1 Å². The first-order valence-electron chi connectivity index (χ1n) is 9.21. The number of hydrogen-bond donors (Lipinski definition) is 2. The van der Waals surface area contributed by atoms with Crippen LogP contribution in [-0.2, 0) is 16.0 Å². The molecule has 2 heterocycles. The fourth-order valence-corrected chi connectivity index (χ4v) is 3.81. The van der Waals surface area contributed by atoms with E-state index in [-0.39, 0.29) is 18.2 Å². The van der Waals surface area contributed by atoms with Crippen LogP contribution < -0.4 is 10.6 Å². The number of carbonyl (C=O) groups excluding carboxylic acids is 2. The van der Waals surface area contributed by atoms with Gasteiger partial charge in [-0.3, -0.25) is 14.6 Å². The summed E-state index contributed by atoms with van der Waals surface area (Å²) in [5.74, 6) is 0.535. The number of nitrogens with zero attached hydrogens (tertiary/aromatic N) is 3. The molecule has 0 aliphatic heterocycles. The van der Waals surface area contributed by atoms with Gasteiger partial charge in [0.05, 0.1) is 24.5 Å². The highest BCUT2D eigenvalue weighted by Gasteiger charge is 2.25. The third kappa shape index (κ3) is 4.91. The summed E-state index contributed by atoms with van der Waals surface area (Å²) in [6.07, 6.45) is 8.76. The monoisotopic (exact) mass is 405 g/mol. The first kappa shape index (κ1) is 18.9. The molecule has 4 rings (SSSR count). The van der Waals surface area contributed by atoms with Crippen LogP contribution in [0.15, 0.2) is 55.5 Å². The molecule has 1 aromatic carbocycles. The van der Waals surface area contributed by atoms with E-state index in [4.69, 9.17) is 0 Å². The maximum Gasteiger partial charge on any atom is 0.248 e. The molecule has 0 spiro atoms. The molecule has 7 nitrogen and oxygen atoms in total. The molecular formula is C21H19N5O2S. The van der Waals surface area contributed by atoms with Crippen LogP contribution in [0.25, 0.3) is 11.3 Å². The minimum absolute atomic E-state index is 0.104. The number of anilines is 2. The minimum atomic E-state index is -0.343. The van der Waals surface area contributed by atoms with Crippen LogP contribution in [0.3, 0.4) is 0 Å². The van der Waals surface area contributed by atoms with Gasteiger partial charge in [0.1, 0.15) is 0 Å². The van der Waals surface area contributed by atoms with Crippen LogP contribution in [0, 0.1) is 0 Å². The lowest BCUT2D eigenvalue weighted by Crippen LogP contribution is -2.14. The Morgan fingerprint density at radius 3 is 2.72 bits per heavy atom. The second-order valence-electron chi connectivity index (χ2n) is 6.75. The molecule has 2 amide bonds. The minimum Gasteiger partial charge on any atom is -0.306 e. The van der Waals surface area contributed by atoms with Crippen molar-refractivity contribution in [3.63, 3.8) is 0 Å². The fraction of sp³-hybridized carbons (Fsp3) is 0.190. The normalized spacial score (nSPS) is 13.0. The van der Waals surface area contributed by atoms with Crippen molar-refractivity contribution in [2.45, 2.75) is 25.2 Å². The zero-order valence-corrected chi connectivity index (χ0v) is 16.4. The quantitative estimate of drug-likeness (QED) is 0.583. The molecule has 2 aromatic heterocycles. The van der Waals surface area contributed by atoms with Gasteiger partial charge in [0.25, 0.3) is 0 Å². The summed E-state index contributed by atoms with van der Waals surface area (Å²) in [5.41, 5.74) is 2.36. The Kier molecular flexibility index (Phi) is 5.44. The van der Waals surface area contributed by atoms with E-state index in [1.54, 1.807) is 17.5 Å². The predicted octanol–water partition coefficient (Wildman–Crippen LogP) is 3.78. The molecular weight excluding hydrogens is 386 g/mol. The second-order valence-corrected chi connectivity index (χ2v) is 7.81. The average Bonchev–Trinajstić information content (AvgIpc) is 3.48. The maximum atomic E-state index is 12.4. The molecule has 0 unspecified atom stereocenters. The molecule has 0 radical (unpaired) electrons. The summed E-state index contributed by atoms with van der Waals surface area (Å²) in [6, 6.07) is 7.58. The molecule has 1 aliphatic rings. The van der Waals surface area contributed by atoms with Crippen LogP contribution in [0.5, 0.6) is 0 Å². The van der Waals surface area contributed by atoms with Gasteiger partial charge in [0, 0.05) is 16.6 Å². The summed E-state index contributed by atoms with van der Waals surface area (Å²) in [4.78, 5) is 37.7. The van der Waals surface area contributed by atoms with E-state index in [1.807, 2.05) is 30.5 Å². The lowest BCUT2D eigenvalue weighted by molar-refractivity contribution is -0.115. The van der Waals surface area contributed by atoms with Gasteiger partial charge in [-0.05, 0) is 36.5 Å². The Bertz CT molecular complexity index is 1060. The van der Waals surface area contributed by atoms with Gasteiger partial charge in [-0.25, -0.2) is 9.97 Å². The van der Waals surface area contributed by atoms with Gasteiger partial charge < -0.3 is 10.6 Å². The molecule has 8 heteroatoms. The van der Waals surface area contributed by atoms with E-state index >= 15 is 0 Å². The Hall–Kier alpha value is -3.39. The molecule has 1 aliphatic carbocycles. The molecule has 1 saturated carbocycles. The number of carbonyl (C=O) groups is 2. The van der Waals surface area contributed by atoms with Crippen molar-refractivity contribution in [2.24, 2.45) is 0 Å². The number of thiazole rings is 1. The van der Waals surface area contributed by atoms with Crippen molar-refractivity contribution >= 4 is 34.1 Å². The molecule has 0 atom stereocenters. The van der Waals surface area contributed by atoms with Gasteiger partial charge in [-0.1, -0.05) is 24.8 Å². The number of aromatic nitrogens is 3. The van der Waals surface area contributed by atoms with Crippen LogP contribution >= 0.6 is 11.3 Å². The fourth-order valence-electron chi connectivity index (χ4n) is 2.81. The van der Waals surface area contributed by atoms with Crippen molar-refractivity contribution in [1.82, 2.24) is 15.0 Å². The number of amides is 2. The van der Waals surface area contributed by atoms with Crippen molar-refractivity contribution < 1.29 is 9.59 Å². The molecule has 29 heavy (non-hydrogen) atoms. The third-order valence-electron chi connectivity index (χ3n) is 4.43. The van der Waals surface area contributed by atoms with Crippen molar-refractivity contribution in [3.8, 4) is 11.3 Å². The highest BCUT2D eigenvalue weighted by atomic mass is 32.1. The molecule has 2 N–H and O–H groups in total. The zero-order chi connectivity index (χ0) is 20.2. The number of benzene rings is 1. The first-order valence-corrected chi connectivity index (χ1v) is 10.0. The highest BCUT2D eigenvalue weighted by Crippen LogP contribution is 2.43. The predicted molar refractivity (Wildman–Crippen MR) is 113 cm³/mol. The maximum absolute atomic E-state index is 12.4. The van der Waals surface area contributed by atoms with Crippen molar-refractivity contribution in [1.29, 1.82) is 0 Å². The molecule has 146 valence electrons. The Morgan fingerprint density at radius 1 is 1.14 bits per heavy atom. The standard InChI is InChI=1S/C21H19N5O2S/c1-2-19(27)25-18-12-22-16(10-23-18)15-5-3-4-13(8-15)9-20(28)26-21-24-11-17(29-21)14-6-7-14/h2-5,8,10-12,14H,1,6-7,9H2,(H,23,25,27)(H,24,26,28). The van der Waals surface area contributed by atoms with Crippen LogP contribution in [0.1, 0.15) is 29.2 Å². The highest BCUT2D eigenvalue weighted by molar-refractivity contribution is 7.15. The summed E-state index contributed by atoms with van der Waals surface area (Å²) >= 11 is 1.55. The van der Waals surface area contributed by atoms with Gasteiger partial charge in [-0.15, -0.1) is 11.3 Å². The summed E-state index contributed by atoms with van der Waals surface area (Å²) in [5, 5.41) is 6.08. The Labute approximate surface area is 171 Å². The lowest BCUT2D eigenvalue weighted by Gasteiger charge is -2.06. The Morgan fingerprint density at radius 2 is 2.00 bits per heavy atom. The Balaban J connectivity index is 1.40. The van der Waals surface area contributed by atoms with E-state index in [1.165, 1.54) is 30.0 Å². The number of rotatable bonds is 7. The molecule has 1 fully saturated rings. The first-order chi connectivity index (χ1) is 14.1. The molecule has 0 bridgehead atoms. The topological polar surface area (TPSA) is 96.9 Å². The SMILES string of the molecule is C=CC(=O)Nc1cnc(-c2cccc(CC(=O)Nc3ncc(C4CC4)s3)c2)cn1. The average molecular weight is 405 g/mol. The largest absolute Gasteiger partial charge is 0.306 e. The number of hydrogen-bond acceptors (Lipinski definition) is 6. The van der Waals surface area contributed by atoms with Crippen LogP contribution in [0.2, 0.25) is 0 Å². The van der Waals surface area contributed by atoms with E-state index in [2.05, 4.69) is 32.2 Å². The smallest absolute Gasteiger partial charge is 0.248 e. The van der Waals surface area contributed by atoms with E-state index < -0.39 is 0 Å².